The molecule has 1 aliphatic heterocycles. The lowest BCUT2D eigenvalue weighted by atomic mass is 9.58. The van der Waals surface area contributed by atoms with Gasteiger partial charge in [-0.05, 0) is 24.4 Å². The zero-order valence-corrected chi connectivity index (χ0v) is 12.4. The van der Waals surface area contributed by atoms with Gasteiger partial charge in [-0.15, -0.1) is 0 Å². The van der Waals surface area contributed by atoms with E-state index >= 15 is 0 Å². The second kappa shape index (κ2) is 4.97. The normalized spacial score (nSPS) is 20.5. The molecule has 2 fully saturated rings. The molecule has 0 aromatic carbocycles. The Balaban J connectivity index is 1.67. The van der Waals surface area contributed by atoms with Gasteiger partial charge in [0.15, 0.2) is 5.69 Å². The van der Waals surface area contributed by atoms with Crippen molar-refractivity contribution >= 4 is 23.4 Å². The lowest BCUT2D eigenvalue weighted by molar-refractivity contribution is -0.155. The summed E-state index contributed by atoms with van der Waals surface area (Å²) in [5.74, 6) is -0.167. The fourth-order valence-corrected chi connectivity index (χ4v) is 3.39. The van der Waals surface area contributed by atoms with E-state index in [1.807, 2.05) is 0 Å². The Hall–Kier alpha value is -1.57. The second-order valence-corrected chi connectivity index (χ2v) is 6.20. The molecule has 1 spiro atoms. The molecule has 0 amide bonds. The number of ether oxygens (including phenoxy) is 1. The summed E-state index contributed by atoms with van der Waals surface area (Å²) >= 11 is 5.57. The Morgan fingerprint density at radius 1 is 1.41 bits per heavy atom. The van der Waals surface area contributed by atoms with E-state index in [4.69, 9.17) is 11.6 Å². The number of hydrogen-bond acceptors (Lipinski definition) is 5. The van der Waals surface area contributed by atoms with Gasteiger partial charge in [0.1, 0.15) is 5.82 Å². The predicted molar refractivity (Wildman–Crippen MR) is 71.4 cm³/mol. The van der Waals surface area contributed by atoms with Crippen molar-refractivity contribution in [2.24, 2.45) is 11.3 Å². The van der Waals surface area contributed by atoms with E-state index in [2.05, 4.69) is 14.7 Å². The monoisotopic (exact) mass is 335 g/mol. The average molecular weight is 336 g/mol. The maximum atomic E-state index is 12.7. The topological polar surface area (TPSA) is 55.3 Å². The highest BCUT2D eigenvalue weighted by atomic mass is 35.5. The molecule has 1 saturated carbocycles. The van der Waals surface area contributed by atoms with Gasteiger partial charge in [-0.3, -0.25) is 4.79 Å². The van der Waals surface area contributed by atoms with Crippen molar-refractivity contribution in [2.45, 2.75) is 19.0 Å². The third kappa shape index (κ3) is 2.60. The standard InChI is InChI=1S/C13H13ClF3N3O2/c1-22-10(21)7-3-12(4-7)5-20(6-12)9-2-8(13(15,16)17)18-11(14)19-9/h2,7H,3-6H2,1H3. The van der Waals surface area contributed by atoms with Crippen LogP contribution in [0, 0.1) is 11.3 Å². The van der Waals surface area contributed by atoms with E-state index in [0.29, 0.717) is 25.9 Å². The number of anilines is 1. The number of esters is 1. The molecule has 22 heavy (non-hydrogen) atoms. The minimum Gasteiger partial charge on any atom is -0.469 e. The first-order chi connectivity index (χ1) is 10.2. The van der Waals surface area contributed by atoms with Crippen molar-refractivity contribution in [1.29, 1.82) is 0 Å². The predicted octanol–water partition coefficient (Wildman–Crippen LogP) is 2.54. The van der Waals surface area contributed by atoms with Gasteiger partial charge in [0.25, 0.3) is 0 Å². The number of rotatable bonds is 2. The van der Waals surface area contributed by atoms with Gasteiger partial charge in [-0.1, -0.05) is 0 Å². The third-order valence-corrected chi connectivity index (χ3v) is 4.41. The summed E-state index contributed by atoms with van der Waals surface area (Å²) in [5, 5.41) is -0.424. The Morgan fingerprint density at radius 3 is 2.59 bits per heavy atom. The SMILES string of the molecule is COC(=O)C1CC2(C1)CN(c1cc(C(F)(F)F)nc(Cl)n1)C2. The summed E-state index contributed by atoms with van der Waals surface area (Å²) in [6.45, 7) is 1.12. The van der Waals surface area contributed by atoms with Gasteiger partial charge < -0.3 is 9.64 Å². The Labute approximate surface area is 129 Å². The molecule has 120 valence electrons. The Kier molecular flexibility index (Phi) is 3.47. The van der Waals surface area contributed by atoms with Crippen LogP contribution in [-0.4, -0.2) is 36.1 Å². The quantitative estimate of drug-likeness (QED) is 0.614. The van der Waals surface area contributed by atoms with E-state index in [1.54, 1.807) is 4.90 Å². The minimum atomic E-state index is -4.56. The number of alkyl halides is 3. The molecule has 1 saturated heterocycles. The highest BCUT2D eigenvalue weighted by Gasteiger charge is 2.55. The van der Waals surface area contributed by atoms with Gasteiger partial charge >= 0.3 is 12.1 Å². The molecule has 0 atom stereocenters. The van der Waals surface area contributed by atoms with Crippen LogP contribution in [0.3, 0.4) is 0 Å². The van der Waals surface area contributed by atoms with Crippen LogP contribution in [0.4, 0.5) is 19.0 Å². The van der Waals surface area contributed by atoms with Crippen LogP contribution in [-0.2, 0) is 15.7 Å². The second-order valence-electron chi connectivity index (χ2n) is 5.86. The molecule has 5 nitrogen and oxygen atoms in total. The van der Waals surface area contributed by atoms with Gasteiger partial charge in [0.05, 0.1) is 13.0 Å². The summed E-state index contributed by atoms with van der Waals surface area (Å²) in [6, 6.07) is 0.898. The lowest BCUT2D eigenvalue weighted by Gasteiger charge is -2.58. The van der Waals surface area contributed by atoms with Crippen LogP contribution in [0.5, 0.6) is 0 Å². The Bertz CT molecular complexity index is 609. The smallest absolute Gasteiger partial charge is 0.433 e. The van der Waals surface area contributed by atoms with Crippen LogP contribution < -0.4 is 4.90 Å². The maximum Gasteiger partial charge on any atom is 0.433 e. The average Bonchev–Trinajstić information content (AvgIpc) is 2.33. The van der Waals surface area contributed by atoms with Crippen LogP contribution in [0.25, 0.3) is 0 Å². The number of carbonyl (C=O) groups is 1. The fraction of sp³-hybridized carbons (Fsp3) is 0.615. The molecule has 2 aliphatic rings. The Morgan fingerprint density at radius 2 is 2.05 bits per heavy atom. The first-order valence-electron chi connectivity index (χ1n) is 6.67. The zero-order chi connectivity index (χ0) is 16.1. The lowest BCUT2D eigenvalue weighted by Crippen LogP contribution is -2.63. The van der Waals surface area contributed by atoms with Crippen molar-refractivity contribution in [3.05, 3.63) is 17.0 Å². The number of aromatic nitrogens is 2. The number of hydrogen-bond donors (Lipinski definition) is 0. The first-order valence-corrected chi connectivity index (χ1v) is 7.05. The van der Waals surface area contributed by atoms with E-state index in [9.17, 15) is 18.0 Å². The fourth-order valence-electron chi connectivity index (χ4n) is 3.22. The van der Waals surface area contributed by atoms with Gasteiger partial charge in [-0.2, -0.15) is 13.2 Å². The van der Waals surface area contributed by atoms with E-state index < -0.39 is 17.2 Å². The number of carbonyl (C=O) groups excluding carboxylic acids is 1. The molecular weight excluding hydrogens is 323 g/mol. The molecule has 9 heteroatoms. The number of halogens is 4. The molecule has 2 heterocycles. The van der Waals surface area contributed by atoms with Crippen LogP contribution >= 0.6 is 11.6 Å². The molecule has 0 unspecified atom stereocenters. The highest BCUT2D eigenvalue weighted by Crippen LogP contribution is 2.53. The van der Waals surface area contributed by atoms with E-state index in [0.717, 1.165) is 6.07 Å². The summed E-state index contributed by atoms with van der Waals surface area (Å²) in [4.78, 5) is 20.1. The summed E-state index contributed by atoms with van der Waals surface area (Å²) in [5.41, 5.74) is -1.07. The first kappa shape index (κ1) is 15.3. The molecule has 0 radical (unpaired) electrons. The van der Waals surface area contributed by atoms with Crippen LogP contribution in [0.15, 0.2) is 6.07 Å². The van der Waals surface area contributed by atoms with Gasteiger partial charge in [0.2, 0.25) is 5.28 Å². The van der Waals surface area contributed by atoms with Crippen molar-refractivity contribution in [3.8, 4) is 0 Å². The number of methoxy groups -OCH3 is 1. The maximum absolute atomic E-state index is 12.7. The summed E-state index contributed by atoms with van der Waals surface area (Å²) < 4.78 is 42.8. The van der Waals surface area contributed by atoms with Crippen LogP contribution in [0.1, 0.15) is 18.5 Å². The van der Waals surface area contributed by atoms with E-state index in [1.165, 1.54) is 7.11 Å². The molecule has 1 aromatic heterocycles. The minimum absolute atomic E-state index is 0.0192. The van der Waals surface area contributed by atoms with Crippen molar-refractivity contribution < 1.29 is 22.7 Å². The summed E-state index contributed by atoms with van der Waals surface area (Å²) in [7, 11) is 1.35. The van der Waals surface area contributed by atoms with E-state index in [-0.39, 0.29) is 23.1 Å². The van der Waals surface area contributed by atoms with Crippen molar-refractivity contribution in [1.82, 2.24) is 9.97 Å². The van der Waals surface area contributed by atoms with Crippen LogP contribution in [0.2, 0.25) is 5.28 Å². The number of nitrogens with zero attached hydrogens (tertiary/aromatic N) is 3. The molecule has 0 bridgehead atoms. The molecule has 0 N–H and O–H groups in total. The molecule has 3 rings (SSSR count). The van der Waals surface area contributed by atoms with Gasteiger partial charge in [0, 0.05) is 24.6 Å². The molecule has 1 aliphatic carbocycles. The van der Waals surface area contributed by atoms with Gasteiger partial charge in [-0.25, -0.2) is 9.97 Å². The third-order valence-electron chi connectivity index (χ3n) is 4.25. The zero-order valence-electron chi connectivity index (χ0n) is 11.7. The van der Waals surface area contributed by atoms with Crippen molar-refractivity contribution in [2.75, 3.05) is 25.1 Å². The highest BCUT2D eigenvalue weighted by molar-refractivity contribution is 6.28. The van der Waals surface area contributed by atoms with Crippen molar-refractivity contribution in [3.63, 3.8) is 0 Å². The molecule has 1 aromatic rings. The summed E-state index contributed by atoms with van der Waals surface area (Å²) in [6.07, 6.45) is -3.17. The molecular formula is C13H13ClF3N3O2. The largest absolute Gasteiger partial charge is 0.469 e.